The molecule has 0 aromatic heterocycles. The summed E-state index contributed by atoms with van der Waals surface area (Å²) in [6.45, 7) is 1.77. The zero-order valence-corrected chi connectivity index (χ0v) is 14.4. The maximum atomic E-state index is 10.8. The minimum Gasteiger partial charge on any atom is -0.508 e. The summed E-state index contributed by atoms with van der Waals surface area (Å²) in [5.74, 6) is -0.0141. The Morgan fingerprint density at radius 1 is 0.778 bits per heavy atom. The number of nitrogens with one attached hydrogen (secondary N) is 2. The monoisotopic (exact) mass is 376 g/mol. The van der Waals surface area contributed by atoms with Crippen LogP contribution in [0.3, 0.4) is 0 Å². The fourth-order valence-corrected chi connectivity index (χ4v) is 2.44. The van der Waals surface area contributed by atoms with Crippen molar-refractivity contribution >= 4 is 11.4 Å². The maximum absolute atomic E-state index is 10.8. The van der Waals surface area contributed by atoms with Gasteiger partial charge in [-0.2, -0.15) is 0 Å². The molecule has 144 valence electrons. The first-order valence-corrected chi connectivity index (χ1v) is 8.22. The van der Waals surface area contributed by atoms with Crippen molar-refractivity contribution in [2.45, 2.75) is 19.5 Å². The van der Waals surface area contributed by atoms with E-state index in [9.17, 15) is 30.4 Å². The van der Waals surface area contributed by atoms with E-state index in [4.69, 9.17) is 0 Å². The third kappa shape index (κ3) is 5.90. The van der Waals surface area contributed by atoms with Gasteiger partial charge in [-0.3, -0.25) is 20.2 Å². The van der Waals surface area contributed by atoms with Gasteiger partial charge in [0.1, 0.15) is 11.5 Å². The summed E-state index contributed by atoms with van der Waals surface area (Å²) in [5.41, 5.74) is 0.725. The number of phenolic OH excluding ortho intramolecular Hbond substituents is 2. The second-order valence-corrected chi connectivity index (χ2v) is 5.85. The van der Waals surface area contributed by atoms with Gasteiger partial charge in [-0.25, -0.2) is 0 Å². The number of hydrogen-bond donors (Lipinski definition) is 4. The van der Waals surface area contributed by atoms with Crippen molar-refractivity contribution in [3.05, 3.63) is 67.8 Å². The van der Waals surface area contributed by atoms with E-state index >= 15 is 0 Å². The number of aromatic hydroxyl groups is 2. The third-order valence-corrected chi connectivity index (χ3v) is 3.89. The Hall–Kier alpha value is -3.24. The van der Waals surface area contributed by atoms with Gasteiger partial charge in [-0.1, -0.05) is 0 Å². The van der Waals surface area contributed by atoms with Gasteiger partial charge in [0, 0.05) is 48.5 Å². The molecule has 10 heteroatoms. The van der Waals surface area contributed by atoms with Gasteiger partial charge in [0.2, 0.25) is 0 Å². The van der Waals surface area contributed by atoms with Gasteiger partial charge in [0.25, 0.3) is 11.4 Å². The summed E-state index contributed by atoms with van der Waals surface area (Å²) in [7, 11) is 0. The summed E-state index contributed by atoms with van der Waals surface area (Å²) in [6, 6.07) is 7.72. The number of nitro benzene ring substituents is 2. The topological polar surface area (TPSA) is 151 Å². The van der Waals surface area contributed by atoms with Crippen molar-refractivity contribution in [3.8, 4) is 11.5 Å². The molecule has 2 aromatic rings. The van der Waals surface area contributed by atoms with Gasteiger partial charge < -0.3 is 20.8 Å². The number of nitrogens with zero attached hydrogens (tertiary/aromatic N) is 2. The van der Waals surface area contributed by atoms with Crippen LogP contribution in [-0.2, 0) is 13.1 Å². The van der Waals surface area contributed by atoms with Crippen LogP contribution in [0.25, 0.3) is 0 Å². The molecule has 0 atom stereocenters. The van der Waals surface area contributed by atoms with Crippen molar-refractivity contribution in [1.82, 2.24) is 10.6 Å². The van der Waals surface area contributed by atoms with Crippen molar-refractivity contribution in [2.24, 2.45) is 0 Å². The second kappa shape index (κ2) is 9.46. The van der Waals surface area contributed by atoms with Crippen LogP contribution < -0.4 is 10.6 Å². The van der Waals surface area contributed by atoms with E-state index < -0.39 is 9.85 Å². The molecule has 10 nitrogen and oxygen atoms in total. The SMILES string of the molecule is O=[N+]([O-])c1ccc(O)c(CNCCCNCc2cc([N+](=O)[O-])ccc2O)c1. The Bertz CT molecular complexity index is 760. The zero-order chi connectivity index (χ0) is 19.8. The van der Waals surface area contributed by atoms with Crippen LogP contribution in [0.2, 0.25) is 0 Å². The summed E-state index contributed by atoms with van der Waals surface area (Å²) in [5, 5.41) is 47.1. The van der Waals surface area contributed by atoms with Gasteiger partial charge in [-0.15, -0.1) is 0 Å². The number of non-ortho nitro benzene ring substituents is 2. The third-order valence-electron chi connectivity index (χ3n) is 3.89. The van der Waals surface area contributed by atoms with E-state index in [1.807, 2.05) is 0 Å². The molecular weight excluding hydrogens is 356 g/mol. The first kappa shape index (κ1) is 20.1. The lowest BCUT2D eigenvalue weighted by Gasteiger charge is -2.09. The number of hydrogen-bond acceptors (Lipinski definition) is 8. The zero-order valence-electron chi connectivity index (χ0n) is 14.4. The molecule has 2 rings (SSSR count). The first-order valence-electron chi connectivity index (χ1n) is 8.22. The summed E-state index contributed by atoms with van der Waals surface area (Å²) in [6.07, 6.45) is 0.714. The lowest BCUT2D eigenvalue weighted by atomic mass is 10.1. The summed E-state index contributed by atoms with van der Waals surface area (Å²) in [4.78, 5) is 20.5. The molecule has 0 spiro atoms. The van der Waals surface area contributed by atoms with Crippen LogP contribution in [0.15, 0.2) is 36.4 Å². The first-order chi connectivity index (χ1) is 12.9. The van der Waals surface area contributed by atoms with Crippen LogP contribution in [0.4, 0.5) is 11.4 Å². The van der Waals surface area contributed by atoms with E-state index in [0.29, 0.717) is 43.7 Å². The van der Waals surface area contributed by atoms with Crippen LogP contribution in [0.1, 0.15) is 17.5 Å². The van der Waals surface area contributed by atoms with E-state index in [1.165, 1.54) is 36.4 Å². The van der Waals surface area contributed by atoms with Crippen molar-refractivity contribution in [3.63, 3.8) is 0 Å². The molecule has 0 saturated heterocycles. The Kier molecular flexibility index (Phi) is 7.03. The van der Waals surface area contributed by atoms with Crippen LogP contribution in [0, 0.1) is 20.2 Å². The molecule has 0 radical (unpaired) electrons. The van der Waals surface area contributed by atoms with Gasteiger partial charge in [-0.05, 0) is 31.6 Å². The van der Waals surface area contributed by atoms with Crippen molar-refractivity contribution in [1.29, 1.82) is 0 Å². The van der Waals surface area contributed by atoms with Crippen LogP contribution >= 0.6 is 0 Å². The molecule has 0 aliphatic carbocycles. The Morgan fingerprint density at radius 3 is 1.56 bits per heavy atom. The van der Waals surface area contributed by atoms with Crippen LogP contribution in [0.5, 0.6) is 11.5 Å². The molecule has 0 unspecified atom stereocenters. The fourth-order valence-electron chi connectivity index (χ4n) is 2.44. The van der Waals surface area contributed by atoms with Crippen molar-refractivity contribution < 1.29 is 20.1 Å². The van der Waals surface area contributed by atoms with E-state index in [1.54, 1.807) is 0 Å². The lowest BCUT2D eigenvalue weighted by molar-refractivity contribution is -0.385. The Labute approximate surface area is 154 Å². The van der Waals surface area contributed by atoms with Crippen LogP contribution in [-0.4, -0.2) is 33.1 Å². The molecular formula is C17H20N4O6. The highest BCUT2D eigenvalue weighted by atomic mass is 16.6. The number of nitro groups is 2. The average Bonchev–Trinajstić information content (AvgIpc) is 2.63. The number of benzene rings is 2. The van der Waals surface area contributed by atoms with E-state index in [-0.39, 0.29) is 22.9 Å². The van der Waals surface area contributed by atoms with Gasteiger partial charge in [0.05, 0.1) is 9.85 Å². The smallest absolute Gasteiger partial charge is 0.270 e. The van der Waals surface area contributed by atoms with Gasteiger partial charge >= 0.3 is 0 Å². The summed E-state index contributed by atoms with van der Waals surface area (Å²) >= 11 is 0. The minimum absolute atomic E-state index is 0.00706. The number of phenols is 2. The molecule has 0 bridgehead atoms. The molecule has 0 saturated carbocycles. The average molecular weight is 376 g/mol. The Balaban J connectivity index is 1.71. The predicted octanol–water partition coefficient (Wildman–Crippen LogP) is 2.18. The molecule has 0 amide bonds. The Morgan fingerprint density at radius 2 is 1.19 bits per heavy atom. The molecule has 2 aromatic carbocycles. The molecule has 0 fully saturated rings. The maximum Gasteiger partial charge on any atom is 0.270 e. The molecule has 0 aliphatic rings. The van der Waals surface area contributed by atoms with Crippen molar-refractivity contribution in [2.75, 3.05) is 13.1 Å². The largest absolute Gasteiger partial charge is 0.508 e. The predicted molar refractivity (Wildman–Crippen MR) is 97.6 cm³/mol. The summed E-state index contributed by atoms with van der Waals surface area (Å²) < 4.78 is 0. The highest BCUT2D eigenvalue weighted by Gasteiger charge is 2.11. The standard InChI is InChI=1S/C17H20N4O6/c22-16-4-2-14(20(24)25)8-12(16)10-18-6-1-7-19-11-13-9-15(21(26)27)3-5-17(13)23/h2-5,8-9,18-19,22-23H,1,6-7,10-11H2. The number of rotatable bonds is 10. The molecule has 27 heavy (non-hydrogen) atoms. The lowest BCUT2D eigenvalue weighted by Crippen LogP contribution is -2.21. The van der Waals surface area contributed by atoms with E-state index in [2.05, 4.69) is 10.6 Å². The minimum atomic E-state index is -0.518. The normalized spacial score (nSPS) is 10.7. The molecule has 0 heterocycles. The van der Waals surface area contributed by atoms with E-state index in [0.717, 1.165) is 0 Å². The molecule has 4 N–H and O–H groups in total. The highest BCUT2D eigenvalue weighted by molar-refractivity contribution is 5.43. The molecule has 0 aliphatic heterocycles. The highest BCUT2D eigenvalue weighted by Crippen LogP contribution is 2.23. The second-order valence-electron chi connectivity index (χ2n) is 5.85. The quantitative estimate of drug-likeness (QED) is 0.280. The fraction of sp³-hybridized carbons (Fsp3) is 0.294. The van der Waals surface area contributed by atoms with Gasteiger partial charge in [0.15, 0.2) is 0 Å².